The Morgan fingerprint density at radius 1 is 1.04 bits per heavy atom. The molecule has 0 fully saturated rings. The van der Waals surface area contributed by atoms with Gasteiger partial charge in [-0.1, -0.05) is 35.9 Å². The Balaban J connectivity index is 2.62. The summed E-state index contributed by atoms with van der Waals surface area (Å²) in [5, 5.41) is 9.77. The number of sulfonamides is 1. The van der Waals surface area contributed by atoms with Gasteiger partial charge in [0.1, 0.15) is 0 Å². The van der Waals surface area contributed by atoms with E-state index in [1.165, 1.54) is 4.31 Å². The van der Waals surface area contributed by atoms with Crippen LogP contribution in [0.5, 0.6) is 0 Å². The predicted octanol–water partition coefficient (Wildman–Crippen LogP) is 3.19. The summed E-state index contributed by atoms with van der Waals surface area (Å²) in [4.78, 5) is 0.313. The van der Waals surface area contributed by atoms with Gasteiger partial charge in [0.2, 0.25) is 0 Å². The van der Waals surface area contributed by atoms with Crippen LogP contribution in [0.2, 0.25) is 0 Å². The average molecular weight is 333 g/mol. The highest BCUT2D eigenvalue weighted by Gasteiger charge is 2.29. The molecule has 2 aromatic rings. The SMILES string of the molecule is Cc1cc(C)c(S(=O)(=O)N(CC(C)O)c2ccccc2)c(C)c1. The molecule has 5 heteroatoms. The fourth-order valence-corrected chi connectivity index (χ4v) is 4.82. The van der Waals surface area contributed by atoms with Gasteiger partial charge in [-0.3, -0.25) is 4.31 Å². The highest BCUT2D eigenvalue weighted by atomic mass is 32.2. The maximum atomic E-state index is 13.2. The molecule has 0 aromatic heterocycles. The fraction of sp³-hybridized carbons (Fsp3) is 0.333. The zero-order valence-electron chi connectivity index (χ0n) is 13.9. The number of aliphatic hydroxyl groups excluding tert-OH is 1. The Morgan fingerprint density at radius 3 is 2.04 bits per heavy atom. The number of aliphatic hydroxyl groups is 1. The van der Waals surface area contributed by atoms with Crippen LogP contribution in [0.15, 0.2) is 47.4 Å². The molecule has 124 valence electrons. The van der Waals surface area contributed by atoms with Gasteiger partial charge in [0.05, 0.1) is 23.2 Å². The van der Waals surface area contributed by atoms with E-state index >= 15 is 0 Å². The van der Waals surface area contributed by atoms with Crippen LogP contribution in [0, 0.1) is 20.8 Å². The van der Waals surface area contributed by atoms with Crippen molar-refractivity contribution >= 4 is 15.7 Å². The highest BCUT2D eigenvalue weighted by Crippen LogP contribution is 2.29. The predicted molar refractivity (Wildman–Crippen MR) is 93.3 cm³/mol. The zero-order chi connectivity index (χ0) is 17.2. The van der Waals surface area contributed by atoms with Gasteiger partial charge in [-0.05, 0) is 51.0 Å². The smallest absolute Gasteiger partial charge is 0.264 e. The van der Waals surface area contributed by atoms with Crippen molar-refractivity contribution < 1.29 is 13.5 Å². The fourth-order valence-electron chi connectivity index (χ4n) is 2.86. The molecule has 2 aromatic carbocycles. The second kappa shape index (κ2) is 6.72. The Kier molecular flexibility index (Phi) is 5.12. The van der Waals surface area contributed by atoms with Gasteiger partial charge < -0.3 is 5.11 Å². The first-order valence-corrected chi connectivity index (χ1v) is 9.01. The number of hydrogen-bond donors (Lipinski definition) is 1. The van der Waals surface area contributed by atoms with Crippen LogP contribution in [0.3, 0.4) is 0 Å². The normalized spacial score (nSPS) is 12.9. The molecule has 0 aliphatic heterocycles. The van der Waals surface area contributed by atoms with E-state index in [1.54, 1.807) is 45.0 Å². The first-order chi connectivity index (χ1) is 10.7. The molecule has 0 amide bonds. The Labute approximate surface area is 138 Å². The van der Waals surface area contributed by atoms with E-state index < -0.39 is 16.1 Å². The third-order valence-electron chi connectivity index (χ3n) is 3.63. The quantitative estimate of drug-likeness (QED) is 0.914. The molecule has 1 unspecified atom stereocenters. The van der Waals surface area contributed by atoms with Crippen molar-refractivity contribution in [1.29, 1.82) is 0 Å². The number of para-hydroxylation sites is 1. The van der Waals surface area contributed by atoms with Crippen LogP contribution in [-0.4, -0.2) is 26.2 Å². The van der Waals surface area contributed by atoms with Crippen molar-refractivity contribution in [3.05, 3.63) is 59.2 Å². The molecule has 0 saturated carbocycles. The summed E-state index contributed by atoms with van der Waals surface area (Å²) >= 11 is 0. The number of aryl methyl sites for hydroxylation is 3. The van der Waals surface area contributed by atoms with E-state index in [9.17, 15) is 13.5 Å². The second-order valence-corrected chi connectivity index (χ2v) is 7.75. The Hall–Kier alpha value is -1.85. The van der Waals surface area contributed by atoms with Crippen LogP contribution >= 0.6 is 0 Å². The second-order valence-electron chi connectivity index (χ2n) is 5.95. The van der Waals surface area contributed by atoms with Crippen molar-refractivity contribution in [2.75, 3.05) is 10.8 Å². The van der Waals surface area contributed by atoms with Gasteiger partial charge in [-0.2, -0.15) is 0 Å². The van der Waals surface area contributed by atoms with Crippen LogP contribution in [0.25, 0.3) is 0 Å². The average Bonchev–Trinajstić information content (AvgIpc) is 2.44. The summed E-state index contributed by atoms with van der Waals surface area (Å²) in [6.45, 7) is 7.15. The maximum absolute atomic E-state index is 13.2. The van der Waals surface area contributed by atoms with Crippen molar-refractivity contribution in [3.8, 4) is 0 Å². The topological polar surface area (TPSA) is 57.6 Å². The minimum atomic E-state index is -3.75. The molecule has 23 heavy (non-hydrogen) atoms. The number of nitrogens with zero attached hydrogens (tertiary/aromatic N) is 1. The van der Waals surface area contributed by atoms with Gasteiger partial charge >= 0.3 is 0 Å². The zero-order valence-corrected chi connectivity index (χ0v) is 14.8. The van der Waals surface area contributed by atoms with Crippen LogP contribution in [0.4, 0.5) is 5.69 Å². The highest BCUT2D eigenvalue weighted by molar-refractivity contribution is 7.93. The summed E-state index contributed by atoms with van der Waals surface area (Å²) in [7, 11) is -3.75. The van der Waals surface area contributed by atoms with Crippen molar-refractivity contribution in [2.45, 2.75) is 38.7 Å². The molecule has 1 atom stereocenters. The van der Waals surface area contributed by atoms with E-state index in [0.29, 0.717) is 21.7 Å². The van der Waals surface area contributed by atoms with E-state index in [-0.39, 0.29) is 6.54 Å². The summed E-state index contributed by atoms with van der Waals surface area (Å²) in [5.74, 6) is 0. The van der Waals surface area contributed by atoms with E-state index in [1.807, 2.05) is 25.1 Å². The lowest BCUT2D eigenvalue weighted by Crippen LogP contribution is -2.37. The molecule has 0 radical (unpaired) electrons. The molecule has 0 bridgehead atoms. The molecule has 0 saturated heterocycles. The lowest BCUT2D eigenvalue weighted by atomic mass is 10.1. The minimum absolute atomic E-state index is 0.0130. The van der Waals surface area contributed by atoms with Gasteiger partial charge in [0, 0.05) is 0 Å². The van der Waals surface area contributed by atoms with E-state index in [2.05, 4.69) is 0 Å². The maximum Gasteiger partial charge on any atom is 0.264 e. The third-order valence-corrected chi connectivity index (χ3v) is 5.73. The van der Waals surface area contributed by atoms with Crippen molar-refractivity contribution in [1.82, 2.24) is 0 Å². The van der Waals surface area contributed by atoms with E-state index in [4.69, 9.17) is 0 Å². The summed E-state index contributed by atoms with van der Waals surface area (Å²) in [6.07, 6.45) is -0.768. The van der Waals surface area contributed by atoms with Gasteiger partial charge in [0.25, 0.3) is 10.0 Å². The molecule has 4 nitrogen and oxygen atoms in total. The minimum Gasteiger partial charge on any atom is -0.392 e. The standard InChI is InChI=1S/C18H23NO3S/c1-13-10-14(2)18(15(3)11-13)23(21,22)19(12-16(4)20)17-8-6-5-7-9-17/h5-11,16,20H,12H2,1-4H3. The first kappa shape index (κ1) is 17.5. The molecule has 2 rings (SSSR count). The number of benzene rings is 2. The summed E-state index contributed by atoms with van der Waals surface area (Å²) < 4.78 is 27.8. The number of anilines is 1. The first-order valence-electron chi connectivity index (χ1n) is 7.57. The third kappa shape index (κ3) is 3.74. The molecule has 0 heterocycles. The molecule has 0 aliphatic rings. The van der Waals surface area contributed by atoms with Crippen LogP contribution in [-0.2, 0) is 10.0 Å². The Bertz CT molecular complexity index is 760. The lowest BCUT2D eigenvalue weighted by molar-refractivity contribution is 0.204. The van der Waals surface area contributed by atoms with E-state index in [0.717, 1.165) is 5.56 Å². The Morgan fingerprint density at radius 2 is 1.57 bits per heavy atom. The lowest BCUT2D eigenvalue weighted by Gasteiger charge is -2.27. The van der Waals surface area contributed by atoms with Gasteiger partial charge in [-0.25, -0.2) is 8.42 Å². The molecule has 0 aliphatic carbocycles. The van der Waals surface area contributed by atoms with Crippen molar-refractivity contribution in [3.63, 3.8) is 0 Å². The number of rotatable bonds is 5. The molecular formula is C18H23NO3S. The van der Waals surface area contributed by atoms with Gasteiger partial charge in [-0.15, -0.1) is 0 Å². The molecule has 1 N–H and O–H groups in total. The monoisotopic (exact) mass is 333 g/mol. The largest absolute Gasteiger partial charge is 0.392 e. The van der Waals surface area contributed by atoms with Crippen LogP contribution < -0.4 is 4.31 Å². The van der Waals surface area contributed by atoms with Gasteiger partial charge in [0.15, 0.2) is 0 Å². The molecular weight excluding hydrogens is 310 g/mol. The van der Waals surface area contributed by atoms with Crippen LogP contribution in [0.1, 0.15) is 23.6 Å². The summed E-state index contributed by atoms with van der Waals surface area (Å²) in [6, 6.07) is 12.6. The molecule has 0 spiro atoms. The summed E-state index contributed by atoms with van der Waals surface area (Å²) in [5.41, 5.74) is 3.01. The van der Waals surface area contributed by atoms with Crippen molar-refractivity contribution in [2.24, 2.45) is 0 Å². The number of hydrogen-bond acceptors (Lipinski definition) is 3.